The molecule has 0 saturated carbocycles. The Morgan fingerprint density at radius 3 is 2.57 bits per heavy atom. The van der Waals surface area contributed by atoms with E-state index in [0.29, 0.717) is 18.7 Å². The third-order valence-corrected chi connectivity index (χ3v) is 3.32. The van der Waals surface area contributed by atoms with Crippen LogP contribution in [0.4, 0.5) is 13.2 Å². The Balaban J connectivity index is 2.63. The molecule has 0 fully saturated rings. The fourth-order valence-electron chi connectivity index (χ4n) is 1.86. The van der Waals surface area contributed by atoms with Crippen molar-refractivity contribution in [1.82, 2.24) is 5.32 Å². The summed E-state index contributed by atoms with van der Waals surface area (Å²) >= 11 is 0. The average molecular weight is 302 g/mol. The van der Waals surface area contributed by atoms with Crippen LogP contribution >= 0.6 is 0 Å². The molecule has 0 aliphatic rings. The van der Waals surface area contributed by atoms with Crippen molar-refractivity contribution in [2.75, 3.05) is 13.1 Å². The predicted octanol–water partition coefficient (Wildman–Crippen LogP) is 2.91. The molecule has 3 N–H and O–H groups in total. The second-order valence-electron chi connectivity index (χ2n) is 5.37. The van der Waals surface area contributed by atoms with Crippen molar-refractivity contribution >= 4 is 5.91 Å². The van der Waals surface area contributed by atoms with Gasteiger partial charge >= 0.3 is 6.18 Å². The van der Waals surface area contributed by atoms with Gasteiger partial charge in [-0.25, -0.2) is 0 Å². The maximum absolute atomic E-state index is 12.7. The normalized spacial score (nSPS) is 14.6. The first-order valence-corrected chi connectivity index (χ1v) is 6.88. The quantitative estimate of drug-likeness (QED) is 0.849. The molecular weight excluding hydrogens is 281 g/mol. The zero-order valence-corrected chi connectivity index (χ0v) is 12.2. The molecule has 0 aromatic heterocycles. The summed E-state index contributed by atoms with van der Waals surface area (Å²) in [5.74, 6) is -0.279. The Morgan fingerprint density at radius 1 is 1.33 bits per heavy atom. The van der Waals surface area contributed by atoms with E-state index in [9.17, 15) is 18.0 Å². The summed E-state index contributed by atoms with van der Waals surface area (Å²) in [4.78, 5) is 11.8. The largest absolute Gasteiger partial charge is 0.416 e. The number of hydrogen-bond donors (Lipinski definition) is 2. The topological polar surface area (TPSA) is 55.1 Å². The van der Waals surface area contributed by atoms with Crippen LogP contribution in [0.2, 0.25) is 0 Å². The highest BCUT2D eigenvalue weighted by Crippen LogP contribution is 2.31. The number of nitrogens with two attached hydrogens (primary N) is 1. The van der Waals surface area contributed by atoms with Crippen LogP contribution in [0.1, 0.15) is 37.3 Å². The van der Waals surface area contributed by atoms with E-state index >= 15 is 0 Å². The molecule has 0 heterocycles. The van der Waals surface area contributed by atoms with Gasteiger partial charge in [0, 0.05) is 13.0 Å². The maximum atomic E-state index is 12.7. The zero-order chi connectivity index (χ0) is 16.0. The number of hydrogen-bond acceptors (Lipinski definition) is 2. The third-order valence-electron chi connectivity index (χ3n) is 3.32. The van der Waals surface area contributed by atoms with Gasteiger partial charge < -0.3 is 11.1 Å². The van der Waals surface area contributed by atoms with Gasteiger partial charge in [-0.1, -0.05) is 32.0 Å². The Kier molecular flexibility index (Phi) is 6.20. The molecule has 0 radical (unpaired) electrons. The van der Waals surface area contributed by atoms with E-state index in [0.717, 1.165) is 12.1 Å². The van der Waals surface area contributed by atoms with Crippen LogP contribution in [0.3, 0.4) is 0 Å². The molecule has 0 bridgehead atoms. The fraction of sp³-hybridized carbons (Fsp3) is 0.533. The summed E-state index contributed by atoms with van der Waals surface area (Å²) in [6, 6.07) is 5.10. The van der Waals surface area contributed by atoms with Crippen molar-refractivity contribution in [2.24, 2.45) is 11.7 Å². The Bertz CT molecular complexity index is 474. The van der Waals surface area contributed by atoms with Crippen molar-refractivity contribution < 1.29 is 18.0 Å². The molecule has 0 saturated heterocycles. The van der Waals surface area contributed by atoms with Crippen LogP contribution in [0.15, 0.2) is 24.3 Å². The molecule has 3 nitrogen and oxygen atoms in total. The standard InChI is InChI=1S/C15H21F3N2O/c1-10(8-19)9-20-14(21)6-11(2)12-4-3-5-13(7-12)15(16,17)18/h3-5,7,10-11H,6,8-9,19H2,1-2H3,(H,20,21). The number of halogens is 3. The minimum Gasteiger partial charge on any atom is -0.356 e. The van der Waals surface area contributed by atoms with E-state index in [2.05, 4.69) is 5.32 Å². The van der Waals surface area contributed by atoms with Crippen molar-refractivity contribution in [2.45, 2.75) is 32.4 Å². The lowest BCUT2D eigenvalue weighted by Gasteiger charge is -2.15. The van der Waals surface area contributed by atoms with E-state index in [4.69, 9.17) is 5.73 Å². The fourth-order valence-corrected chi connectivity index (χ4v) is 1.86. The second-order valence-corrected chi connectivity index (χ2v) is 5.37. The number of benzene rings is 1. The van der Waals surface area contributed by atoms with Gasteiger partial charge in [0.2, 0.25) is 5.91 Å². The van der Waals surface area contributed by atoms with Gasteiger partial charge in [0.1, 0.15) is 0 Å². The molecule has 0 aliphatic carbocycles. The molecule has 0 spiro atoms. The maximum Gasteiger partial charge on any atom is 0.416 e. The number of amides is 1. The number of nitrogens with one attached hydrogen (secondary N) is 1. The first-order chi connectivity index (χ1) is 9.74. The monoisotopic (exact) mass is 302 g/mol. The van der Waals surface area contributed by atoms with Crippen molar-refractivity contribution in [1.29, 1.82) is 0 Å². The lowest BCUT2D eigenvalue weighted by Crippen LogP contribution is -2.31. The Hall–Kier alpha value is -1.56. The zero-order valence-electron chi connectivity index (χ0n) is 12.2. The van der Waals surface area contributed by atoms with Crippen LogP contribution in [0.5, 0.6) is 0 Å². The molecular formula is C15H21F3N2O. The Labute approximate surface area is 122 Å². The number of rotatable bonds is 6. The molecule has 21 heavy (non-hydrogen) atoms. The first kappa shape index (κ1) is 17.5. The van der Waals surface area contributed by atoms with Crippen LogP contribution in [0.25, 0.3) is 0 Å². The first-order valence-electron chi connectivity index (χ1n) is 6.88. The SMILES string of the molecule is CC(CN)CNC(=O)CC(C)c1cccc(C(F)(F)F)c1. The van der Waals surface area contributed by atoms with Crippen molar-refractivity contribution in [3.05, 3.63) is 35.4 Å². The third kappa shape index (κ3) is 5.75. The molecule has 2 unspecified atom stereocenters. The minimum atomic E-state index is -4.37. The van der Waals surface area contributed by atoms with Crippen molar-refractivity contribution in [3.63, 3.8) is 0 Å². The van der Waals surface area contributed by atoms with E-state index in [1.54, 1.807) is 13.0 Å². The highest BCUT2D eigenvalue weighted by atomic mass is 19.4. The highest BCUT2D eigenvalue weighted by Gasteiger charge is 2.30. The molecule has 0 aliphatic heterocycles. The molecule has 6 heteroatoms. The minimum absolute atomic E-state index is 0.151. The van der Waals surface area contributed by atoms with E-state index in [1.165, 1.54) is 6.07 Å². The number of carbonyl (C=O) groups excluding carboxylic acids is 1. The smallest absolute Gasteiger partial charge is 0.356 e. The van der Waals surface area contributed by atoms with Gasteiger partial charge in [0.25, 0.3) is 0 Å². The molecule has 1 amide bonds. The van der Waals surface area contributed by atoms with Crippen molar-refractivity contribution in [3.8, 4) is 0 Å². The highest BCUT2D eigenvalue weighted by molar-refractivity contribution is 5.76. The van der Waals surface area contributed by atoms with E-state index in [1.807, 2.05) is 6.92 Å². The second kappa shape index (κ2) is 7.45. The molecule has 118 valence electrons. The molecule has 2 atom stereocenters. The van der Waals surface area contributed by atoms with Crippen LogP contribution in [0, 0.1) is 5.92 Å². The summed E-state index contributed by atoms with van der Waals surface area (Å²) in [5.41, 5.74) is 5.27. The summed E-state index contributed by atoms with van der Waals surface area (Å²) in [5, 5.41) is 2.74. The van der Waals surface area contributed by atoms with E-state index in [-0.39, 0.29) is 24.2 Å². The van der Waals surface area contributed by atoms with Gasteiger partial charge in [-0.3, -0.25) is 4.79 Å². The van der Waals surface area contributed by atoms with Crippen LogP contribution in [-0.2, 0) is 11.0 Å². The molecule has 1 aromatic rings. The molecule has 1 aromatic carbocycles. The predicted molar refractivity (Wildman–Crippen MR) is 75.7 cm³/mol. The summed E-state index contributed by atoms with van der Waals surface area (Å²) < 4.78 is 38.0. The Morgan fingerprint density at radius 2 is 2.00 bits per heavy atom. The van der Waals surface area contributed by atoms with Crippen LogP contribution in [-0.4, -0.2) is 19.0 Å². The summed E-state index contributed by atoms with van der Waals surface area (Å²) in [6.07, 6.45) is -4.22. The lowest BCUT2D eigenvalue weighted by atomic mass is 9.95. The van der Waals surface area contributed by atoms with Gasteiger partial charge in [-0.15, -0.1) is 0 Å². The molecule has 1 rings (SSSR count). The number of carbonyl (C=O) groups is 1. The lowest BCUT2D eigenvalue weighted by molar-refractivity contribution is -0.137. The summed E-state index contributed by atoms with van der Waals surface area (Å²) in [7, 11) is 0. The van der Waals surface area contributed by atoms with E-state index < -0.39 is 11.7 Å². The van der Waals surface area contributed by atoms with Gasteiger partial charge in [0.05, 0.1) is 5.56 Å². The summed E-state index contributed by atoms with van der Waals surface area (Å²) in [6.45, 7) is 4.60. The number of alkyl halides is 3. The van der Waals surface area contributed by atoms with Crippen LogP contribution < -0.4 is 11.1 Å². The average Bonchev–Trinajstić information content (AvgIpc) is 2.43. The van der Waals surface area contributed by atoms with Gasteiger partial charge in [-0.2, -0.15) is 13.2 Å². The van der Waals surface area contributed by atoms with Gasteiger partial charge in [-0.05, 0) is 30.0 Å². The van der Waals surface area contributed by atoms with Gasteiger partial charge in [0.15, 0.2) is 0 Å².